The van der Waals surface area contributed by atoms with E-state index in [-0.39, 0.29) is 23.2 Å². The molecule has 3 heterocycles. The third-order valence-corrected chi connectivity index (χ3v) is 8.44. The van der Waals surface area contributed by atoms with E-state index in [9.17, 15) is 8.42 Å². The molecule has 9 nitrogen and oxygen atoms in total. The van der Waals surface area contributed by atoms with Crippen LogP contribution >= 0.6 is 11.6 Å². The van der Waals surface area contributed by atoms with E-state index in [0.717, 1.165) is 37.9 Å². The largest absolute Gasteiger partial charge is 0.372 e. The van der Waals surface area contributed by atoms with Crippen LogP contribution in [0.15, 0.2) is 12.4 Å². The standard InChI is InChI=1S/C20H28ClN5O4S/c1-13(17(29-3)18-22-10-14(21)11-23-18)31(27,28)12-16-24-25-19(15-6-4-5-9-30-15)26(16)20(2)7-8-20/h10-11,13,15,17H,4-9,12H2,1-3H3/t13-,15+,17-/m0/s1. The molecule has 2 fully saturated rings. The zero-order valence-corrected chi connectivity index (χ0v) is 19.6. The molecule has 1 saturated heterocycles. The van der Waals surface area contributed by atoms with E-state index in [1.165, 1.54) is 19.5 Å². The number of ether oxygens (including phenoxy) is 2. The Balaban J connectivity index is 1.61. The van der Waals surface area contributed by atoms with Crippen LogP contribution in [-0.4, -0.2) is 52.1 Å². The van der Waals surface area contributed by atoms with Crippen LogP contribution in [0.25, 0.3) is 0 Å². The molecule has 2 aromatic rings. The van der Waals surface area contributed by atoms with E-state index >= 15 is 0 Å². The SMILES string of the molecule is CO[C@H](c1ncc(Cl)cn1)[C@H](C)S(=O)(=O)Cc1nnc([C@H]2CCCCO2)n1C1(C)CC1. The van der Waals surface area contributed by atoms with Crippen LogP contribution < -0.4 is 0 Å². The van der Waals surface area contributed by atoms with Gasteiger partial charge in [0, 0.05) is 31.6 Å². The van der Waals surface area contributed by atoms with Gasteiger partial charge in [-0.15, -0.1) is 10.2 Å². The van der Waals surface area contributed by atoms with Gasteiger partial charge in [-0.05, 0) is 46.0 Å². The molecule has 4 rings (SSSR count). The number of halogens is 1. The van der Waals surface area contributed by atoms with Crippen LogP contribution in [0.2, 0.25) is 5.02 Å². The zero-order chi connectivity index (χ0) is 22.2. The second-order valence-electron chi connectivity index (χ2n) is 8.59. The van der Waals surface area contributed by atoms with E-state index in [1.807, 2.05) is 4.57 Å². The molecule has 1 aliphatic heterocycles. The van der Waals surface area contributed by atoms with E-state index in [0.29, 0.717) is 17.5 Å². The quantitative estimate of drug-likeness (QED) is 0.579. The monoisotopic (exact) mass is 469 g/mol. The molecule has 11 heteroatoms. The average molecular weight is 470 g/mol. The highest BCUT2D eigenvalue weighted by atomic mass is 35.5. The van der Waals surface area contributed by atoms with Gasteiger partial charge in [-0.3, -0.25) is 0 Å². The van der Waals surface area contributed by atoms with Crippen molar-refractivity contribution in [3.8, 4) is 0 Å². The van der Waals surface area contributed by atoms with Crippen LogP contribution in [0, 0.1) is 0 Å². The van der Waals surface area contributed by atoms with Gasteiger partial charge in [0.25, 0.3) is 0 Å². The first kappa shape index (κ1) is 22.6. The minimum Gasteiger partial charge on any atom is -0.372 e. The summed E-state index contributed by atoms with van der Waals surface area (Å²) in [5.74, 6) is 1.22. The van der Waals surface area contributed by atoms with Gasteiger partial charge < -0.3 is 14.0 Å². The van der Waals surface area contributed by atoms with Gasteiger partial charge in [0.15, 0.2) is 21.5 Å². The molecule has 0 aromatic carbocycles. The third kappa shape index (κ3) is 4.62. The summed E-state index contributed by atoms with van der Waals surface area (Å²) in [5.41, 5.74) is -0.159. The summed E-state index contributed by atoms with van der Waals surface area (Å²) in [6.45, 7) is 4.41. The normalized spacial score (nSPS) is 22.8. The lowest BCUT2D eigenvalue weighted by Crippen LogP contribution is -2.31. The van der Waals surface area contributed by atoms with Gasteiger partial charge in [-0.25, -0.2) is 18.4 Å². The van der Waals surface area contributed by atoms with Crippen LogP contribution in [0.5, 0.6) is 0 Å². The van der Waals surface area contributed by atoms with Gasteiger partial charge in [0.2, 0.25) is 0 Å². The van der Waals surface area contributed by atoms with Gasteiger partial charge in [0.05, 0.1) is 10.3 Å². The molecule has 0 spiro atoms. The summed E-state index contributed by atoms with van der Waals surface area (Å²) in [6.07, 6.45) is 6.79. The van der Waals surface area contributed by atoms with Crippen molar-refractivity contribution in [3.63, 3.8) is 0 Å². The topological polar surface area (TPSA) is 109 Å². The molecule has 170 valence electrons. The molecule has 0 N–H and O–H groups in total. The van der Waals surface area contributed by atoms with Crippen molar-refractivity contribution in [1.29, 1.82) is 0 Å². The fourth-order valence-electron chi connectivity index (χ4n) is 4.05. The molecule has 0 bridgehead atoms. The lowest BCUT2D eigenvalue weighted by Gasteiger charge is -2.26. The molecule has 0 unspecified atom stereocenters. The summed E-state index contributed by atoms with van der Waals surface area (Å²) < 4.78 is 40.1. The molecule has 1 saturated carbocycles. The number of hydrogen-bond donors (Lipinski definition) is 0. The van der Waals surface area contributed by atoms with Crippen molar-refractivity contribution in [2.45, 2.75) is 74.7 Å². The highest BCUT2D eigenvalue weighted by Crippen LogP contribution is 2.46. The predicted molar refractivity (Wildman–Crippen MR) is 114 cm³/mol. The van der Waals surface area contributed by atoms with Crippen LogP contribution in [0.1, 0.15) is 75.6 Å². The summed E-state index contributed by atoms with van der Waals surface area (Å²) in [7, 11) is -2.21. The predicted octanol–water partition coefficient (Wildman–Crippen LogP) is 3.16. The molecular formula is C20H28ClN5O4S. The van der Waals surface area contributed by atoms with Gasteiger partial charge in [-0.2, -0.15) is 0 Å². The molecule has 2 aromatic heterocycles. The van der Waals surface area contributed by atoms with E-state index in [2.05, 4.69) is 27.1 Å². The third-order valence-electron chi connectivity index (χ3n) is 6.21. The molecule has 3 atom stereocenters. The number of hydrogen-bond acceptors (Lipinski definition) is 8. The number of methoxy groups -OCH3 is 1. The molecule has 0 amide bonds. The molecule has 0 radical (unpaired) electrons. The van der Waals surface area contributed by atoms with Crippen LogP contribution in [-0.2, 0) is 30.6 Å². The van der Waals surface area contributed by atoms with Crippen molar-refractivity contribution < 1.29 is 17.9 Å². The Hall–Kier alpha value is -1.62. The second-order valence-corrected chi connectivity index (χ2v) is 11.4. The average Bonchev–Trinajstić information content (AvgIpc) is 3.36. The Labute approximate surface area is 187 Å². The van der Waals surface area contributed by atoms with Gasteiger partial charge in [-0.1, -0.05) is 11.6 Å². The van der Waals surface area contributed by atoms with Gasteiger partial charge in [0.1, 0.15) is 23.8 Å². The maximum absolute atomic E-state index is 13.4. The smallest absolute Gasteiger partial charge is 0.163 e. The molecule has 1 aliphatic carbocycles. The Kier molecular flexibility index (Phi) is 6.35. The van der Waals surface area contributed by atoms with E-state index in [4.69, 9.17) is 21.1 Å². The van der Waals surface area contributed by atoms with Crippen molar-refractivity contribution in [2.24, 2.45) is 0 Å². The van der Waals surface area contributed by atoms with Crippen molar-refractivity contribution >= 4 is 21.4 Å². The lowest BCUT2D eigenvalue weighted by molar-refractivity contribution is 0.00596. The number of nitrogens with zero attached hydrogens (tertiary/aromatic N) is 5. The van der Waals surface area contributed by atoms with Crippen molar-refractivity contribution in [3.05, 3.63) is 34.9 Å². The maximum Gasteiger partial charge on any atom is 0.163 e. The number of rotatable bonds is 8. The fraction of sp³-hybridized carbons (Fsp3) is 0.700. The second kappa shape index (κ2) is 8.73. The summed E-state index contributed by atoms with van der Waals surface area (Å²) in [4.78, 5) is 8.28. The summed E-state index contributed by atoms with van der Waals surface area (Å²) in [6, 6.07) is 0. The Morgan fingerprint density at radius 2 is 2.00 bits per heavy atom. The maximum atomic E-state index is 13.4. The first-order valence-corrected chi connectivity index (χ1v) is 12.6. The number of sulfone groups is 1. The number of aromatic nitrogens is 5. The first-order valence-electron chi connectivity index (χ1n) is 10.5. The van der Waals surface area contributed by atoms with Crippen LogP contribution in [0.4, 0.5) is 0 Å². The summed E-state index contributed by atoms with van der Waals surface area (Å²) >= 11 is 5.86. The molecule has 2 aliphatic rings. The van der Waals surface area contributed by atoms with Crippen LogP contribution in [0.3, 0.4) is 0 Å². The minimum absolute atomic E-state index is 0.137. The Morgan fingerprint density at radius 3 is 2.58 bits per heavy atom. The highest BCUT2D eigenvalue weighted by molar-refractivity contribution is 7.91. The van der Waals surface area contributed by atoms with E-state index < -0.39 is 21.2 Å². The first-order chi connectivity index (χ1) is 14.7. The minimum atomic E-state index is -3.66. The molecular weight excluding hydrogens is 442 g/mol. The highest BCUT2D eigenvalue weighted by Gasteiger charge is 2.45. The van der Waals surface area contributed by atoms with E-state index in [1.54, 1.807) is 6.92 Å². The lowest BCUT2D eigenvalue weighted by atomic mass is 10.1. The zero-order valence-electron chi connectivity index (χ0n) is 18.0. The van der Waals surface area contributed by atoms with Gasteiger partial charge >= 0.3 is 0 Å². The Bertz CT molecular complexity index is 1020. The summed E-state index contributed by atoms with van der Waals surface area (Å²) in [5, 5.41) is 8.16. The van der Waals surface area contributed by atoms with Crippen molar-refractivity contribution in [1.82, 2.24) is 24.7 Å². The van der Waals surface area contributed by atoms with Crippen molar-refractivity contribution in [2.75, 3.05) is 13.7 Å². The molecule has 31 heavy (non-hydrogen) atoms. The Morgan fingerprint density at radius 1 is 1.29 bits per heavy atom. The fourth-order valence-corrected chi connectivity index (χ4v) is 5.56.